The third-order valence-electron chi connectivity index (χ3n) is 4.62. The smallest absolute Gasteiger partial charge is 0.410 e. The molecule has 0 atom stereocenters. The molecule has 28 heavy (non-hydrogen) atoms. The molecule has 0 N–H and O–H groups in total. The summed E-state index contributed by atoms with van der Waals surface area (Å²) in [7, 11) is 0. The van der Waals surface area contributed by atoms with Crippen molar-refractivity contribution in [2.24, 2.45) is 0 Å². The van der Waals surface area contributed by atoms with Crippen molar-refractivity contribution in [2.75, 3.05) is 37.7 Å². The first-order chi connectivity index (χ1) is 13.6. The summed E-state index contributed by atoms with van der Waals surface area (Å²) in [6.45, 7) is 8.11. The summed E-state index contributed by atoms with van der Waals surface area (Å²) < 4.78 is 5.12. The SMILES string of the molecule is C=CCOC(=O)N1CCCN(c2cccc(C(=O)c3cccnc3C)n2)CC1.[HH].[HH]. The second kappa shape index (κ2) is 9.12. The van der Waals surface area contributed by atoms with Crippen LogP contribution in [0.1, 0.15) is 31.0 Å². The van der Waals surface area contributed by atoms with Crippen molar-refractivity contribution >= 4 is 17.7 Å². The van der Waals surface area contributed by atoms with Crippen molar-refractivity contribution in [1.82, 2.24) is 14.9 Å². The van der Waals surface area contributed by atoms with E-state index < -0.39 is 0 Å². The van der Waals surface area contributed by atoms with Crippen LogP contribution < -0.4 is 4.90 Å². The zero-order valence-corrected chi connectivity index (χ0v) is 16.0. The Hall–Kier alpha value is -3.22. The van der Waals surface area contributed by atoms with E-state index in [0.29, 0.717) is 36.6 Å². The molecule has 1 aliphatic heterocycles. The lowest BCUT2D eigenvalue weighted by molar-refractivity contribution is 0.103. The lowest BCUT2D eigenvalue weighted by Gasteiger charge is -2.22. The van der Waals surface area contributed by atoms with Gasteiger partial charge in [-0.15, -0.1) is 0 Å². The third kappa shape index (κ3) is 4.54. The van der Waals surface area contributed by atoms with Gasteiger partial charge in [-0.25, -0.2) is 9.78 Å². The van der Waals surface area contributed by atoms with Crippen LogP contribution in [0.25, 0.3) is 0 Å². The highest BCUT2D eigenvalue weighted by Gasteiger charge is 2.21. The van der Waals surface area contributed by atoms with E-state index in [4.69, 9.17) is 4.74 Å². The number of amides is 1. The largest absolute Gasteiger partial charge is 0.445 e. The highest BCUT2D eigenvalue weighted by Crippen LogP contribution is 2.17. The molecule has 1 amide bonds. The fourth-order valence-electron chi connectivity index (χ4n) is 3.14. The maximum atomic E-state index is 12.8. The van der Waals surface area contributed by atoms with Crippen molar-refractivity contribution in [3.8, 4) is 0 Å². The predicted octanol–water partition coefficient (Wildman–Crippen LogP) is 3.34. The van der Waals surface area contributed by atoms with E-state index in [1.165, 1.54) is 0 Å². The number of carbonyl (C=O) groups excluding carboxylic acids is 2. The fraction of sp³-hybridized carbons (Fsp3) is 0.333. The highest BCUT2D eigenvalue weighted by molar-refractivity contribution is 6.08. The van der Waals surface area contributed by atoms with Gasteiger partial charge in [0.1, 0.15) is 18.1 Å². The quantitative estimate of drug-likeness (QED) is 0.581. The average Bonchev–Trinajstić information content (AvgIpc) is 2.98. The van der Waals surface area contributed by atoms with E-state index in [1.54, 1.807) is 35.4 Å². The summed E-state index contributed by atoms with van der Waals surface area (Å²) in [5.41, 5.74) is 1.63. The van der Waals surface area contributed by atoms with Crippen LogP contribution in [0.3, 0.4) is 0 Å². The van der Waals surface area contributed by atoms with Crippen molar-refractivity contribution < 1.29 is 17.2 Å². The number of anilines is 1. The molecule has 3 rings (SSSR count). The first-order valence-corrected chi connectivity index (χ1v) is 9.31. The minimum absolute atomic E-state index is 0. The molecular weight excluding hydrogens is 356 g/mol. The Bertz CT molecular complexity index is 879. The average molecular weight is 384 g/mol. The van der Waals surface area contributed by atoms with Crippen molar-refractivity contribution in [2.45, 2.75) is 13.3 Å². The summed E-state index contributed by atoms with van der Waals surface area (Å²) in [5.74, 6) is 0.589. The zero-order valence-electron chi connectivity index (χ0n) is 16.0. The molecule has 7 heteroatoms. The maximum absolute atomic E-state index is 12.8. The molecule has 7 nitrogen and oxygen atoms in total. The molecule has 2 aromatic rings. The van der Waals surface area contributed by atoms with Crippen LogP contribution in [0.15, 0.2) is 49.2 Å². The first-order valence-electron chi connectivity index (χ1n) is 9.31. The van der Waals surface area contributed by atoms with Gasteiger partial charge in [-0.2, -0.15) is 0 Å². The summed E-state index contributed by atoms with van der Waals surface area (Å²) in [6.07, 6.45) is 3.69. The molecule has 0 aromatic carbocycles. The predicted molar refractivity (Wildman–Crippen MR) is 111 cm³/mol. The van der Waals surface area contributed by atoms with E-state index in [0.717, 1.165) is 18.8 Å². The van der Waals surface area contributed by atoms with Gasteiger partial charge in [-0.05, 0) is 37.6 Å². The monoisotopic (exact) mass is 384 g/mol. The lowest BCUT2D eigenvalue weighted by atomic mass is 10.1. The van der Waals surface area contributed by atoms with Crippen LogP contribution in [0.2, 0.25) is 0 Å². The Labute approximate surface area is 167 Å². The molecule has 2 aromatic heterocycles. The minimum Gasteiger partial charge on any atom is -0.445 e. The van der Waals surface area contributed by atoms with Crippen LogP contribution in [0, 0.1) is 6.92 Å². The van der Waals surface area contributed by atoms with Gasteiger partial charge < -0.3 is 14.5 Å². The molecule has 0 spiro atoms. The van der Waals surface area contributed by atoms with E-state index in [1.807, 2.05) is 19.1 Å². The number of carbonyl (C=O) groups is 2. The molecule has 0 bridgehead atoms. The number of nitrogens with zero attached hydrogens (tertiary/aromatic N) is 4. The first kappa shape index (κ1) is 19.5. The fourth-order valence-corrected chi connectivity index (χ4v) is 3.14. The van der Waals surface area contributed by atoms with Gasteiger partial charge in [0.25, 0.3) is 0 Å². The van der Waals surface area contributed by atoms with Gasteiger partial charge in [0.15, 0.2) is 0 Å². The van der Waals surface area contributed by atoms with Gasteiger partial charge >= 0.3 is 6.09 Å². The summed E-state index contributed by atoms with van der Waals surface area (Å²) in [6, 6.07) is 8.95. The van der Waals surface area contributed by atoms with Crippen molar-refractivity contribution in [1.29, 1.82) is 0 Å². The van der Waals surface area contributed by atoms with Crippen molar-refractivity contribution in [3.05, 3.63) is 66.1 Å². The molecule has 1 saturated heterocycles. The number of ether oxygens (including phenoxy) is 1. The number of hydrogen-bond donors (Lipinski definition) is 0. The summed E-state index contributed by atoms with van der Waals surface area (Å²) >= 11 is 0. The van der Waals surface area contributed by atoms with Crippen LogP contribution in [0.4, 0.5) is 10.6 Å². The highest BCUT2D eigenvalue weighted by atomic mass is 16.6. The van der Waals surface area contributed by atoms with Gasteiger partial charge in [0.05, 0.1) is 0 Å². The standard InChI is InChI=1S/C21H24N4O3.2H2/c1-3-15-28-21(27)25-12-6-11-24(13-14-25)19-9-4-8-18(23-19)20(26)17-7-5-10-22-16(17)2;;/h3-5,7-10H,1,6,11-15H2,2H3;2*1H. The van der Waals surface area contributed by atoms with E-state index in [9.17, 15) is 9.59 Å². The number of hydrogen-bond acceptors (Lipinski definition) is 6. The van der Waals surface area contributed by atoms with E-state index in [2.05, 4.69) is 21.4 Å². The number of rotatable bonds is 5. The molecule has 0 aliphatic carbocycles. The van der Waals surface area contributed by atoms with E-state index in [-0.39, 0.29) is 21.3 Å². The Morgan fingerprint density at radius 1 is 1.21 bits per heavy atom. The second-order valence-electron chi connectivity index (χ2n) is 6.54. The summed E-state index contributed by atoms with van der Waals surface area (Å²) in [5, 5.41) is 0. The lowest BCUT2D eigenvalue weighted by Crippen LogP contribution is -2.35. The van der Waals surface area contributed by atoms with Gasteiger partial charge in [0, 0.05) is 46.5 Å². The molecular formula is C21H28N4O3. The Morgan fingerprint density at radius 2 is 2.07 bits per heavy atom. The third-order valence-corrected chi connectivity index (χ3v) is 4.62. The van der Waals surface area contributed by atoms with Gasteiger partial charge in [0.2, 0.25) is 5.78 Å². The van der Waals surface area contributed by atoms with Crippen LogP contribution >= 0.6 is 0 Å². The molecule has 150 valence electrons. The number of pyridine rings is 2. The van der Waals surface area contributed by atoms with Gasteiger partial charge in [-0.3, -0.25) is 9.78 Å². The Kier molecular flexibility index (Phi) is 6.37. The van der Waals surface area contributed by atoms with E-state index >= 15 is 0 Å². The Balaban J connectivity index is 0.00000225. The minimum atomic E-state index is -0.328. The maximum Gasteiger partial charge on any atom is 0.410 e. The van der Waals surface area contributed by atoms with Crippen LogP contribution in [-0.2, 0) is 4.74 Å². The molecule has 3 heterocycles. The van der Waals surface area contributed by atoms with Crippen LogP contribution in [0.5, 0.6) is 0 Å². The molecule has 0 radical (unpaired) electrons. The topological polar surface area (TPSA) is 75.6 Å². The summed E-state index contributed by atoms with van der Waals surface area (Å²) in [4.78, 5) is 37.4. The Morgan fingerprint density at radius 3 is 2.86 bits per heavy atom. The second-order valence-corrected chi connectivity index (χ2v) is 6.54. The number of aryl methyl sites for hydroxylation is 1. The van der Waals surface area contributed by atoms with Crippen LogP contribution in [-0.4, -0.2) is 59.5 Å². The van der Waals surface area contributed by atoms with Gasteiger partial charge in [-0.1, -0.05) is 18.7 Å². The zero-order chi connectivity index (χ0) is 19.9. The normalized spacial score (nSPS) is 14.3. The molecule has 1 aliphatic rings. The molecule has 0 unspecified atom stereocenters. The molecule has 0 saturated carbocycles. The molecule has 1 fully saturated rings. The van der Waals surface area contributed by atoms with Crippen molar-refractivity contribution in [3.63, 3.8) is 0 Å². The number of ketones is 1. The number of aromatic nitrogens is 2.